The van der Waals surface area contributed by atoms with Crippen molar-refractivity contribution in [3.63, 3.8) is 0 Å². The van der Waals surface area contributed by atoms with Crippen molar-refractivity contribution in [2.45, 2.75) is 45.8 Å². The molecule has 1 aliphatic rings. The van der Waals surface area contributed by atoms with E-state index in [1.807, 2.05) is 17.0 Å². The number of carbonyl (C=O) groups excluding carboxylic acids is 1. The van der Waals surface area contributed by atoms with Gasteiger partial charge in [-0.15, -0.1) is 0 Å². The number of hydrogen-bond donors (Lipinski definition) is 2. The Morgan fingerprint density at radius 1 is 1.32 bits per heavy atom. The van der Waals surface area contributed by atoms with Gasteiger partial charge in [-0.1, -0.05) is 24.3 Å². The van der Waals surface area contributed by atoms with Crippen LogP contribution >= 0.6 is 0 Å². The van der Waals surface area contributed by atoms with Gasteiger partial charge in [0.25, 0.3) is 0 Å². The second-order valence-electron chi connectivity index (χ2n) is 5.91. The molecule has 0 aliphatic carbocycles. The van der Waals surface area contributed by atoms with Crippen LogP contribution in [0.15, 0.2) is 29.3 Å². The third kappa shape index (κ3) is 4.48. The number of nitrogens with zero attached hydrogens (tertiary/aromatic N) is 2. The van der Waals surface area contributed by atoms with Gasteiger partial charge in [-0.05, 0) is 31.4 Å². The summed E-state index contributed by atoms with van der Waals surface area (Å²) in [6.07, 6.45) is 1.66. The standard InChI is InChI=1S/C17H26N4O/c1-13(2)20-17(18-3)19-11-14-7-4-5-8-15(14)12-21-10-6-9-16(21)22/h4-5,7-8,13H,6,9-12H2,1-3H3,(H2,18,19,20). The number of nitrogens with one attached hydrogen (secondary N) is 2. The molecule has 1 fully saturated rings. The fourth-order valence-corrected chi connectivity index (χ4v) is 2.61. The van der Waals surface area contributed by atoms with Gasteiger partial charge in [0.15, 0.2) is 5.96 Å². The van der Waals surface area contributed by atoms with E-state index in [1.54, 1.807) is 7.05 Å². The summed E-state index contributed by atoms with van der Waals surface area (Å²) in [7, 11) is 1.77. The maximum Gasteiger partial charge on any atom is 0.222 e. The molecule has 2 N–H and O–H groups in total. The number of rotatable bonds is 5. The summed E-state index contributed by atoms with van der Waals surface area (Å²) in [4.78, 5) is 18.0. The molecule has 1 aromatic carbocycles. The Bertz CT molecular complexity index is 539. The predicted octanol–water partition coefficient (Wildman–Crippen LogP) is 1.88. The van der Waals surface area contributed by atoms with Gasteiger partial charge in [0, 0.05) is 39.1 Å². The average molecular weight is 302 g/mol. The SMILES string of the molecule is CN=C(NCc1ccccc1CN1CCCC1=O)NC(C)C. The molecule has 0 unspecified atom stereocenters. The van der Waals surface area contributed by atoms with E-state index in [9.17, 15) is 4.79 Å². The minimum Gasteiger partial charge on any atom is -0.354 e. The molecule has 0 atom stereocenters. The lowest BCUT2D eigenvalue weighted by atomic mass is 10.1. The summed E-state index contributed by atoms with van der Waals surface area (Å²) in [5, 5.41) is 6.60. The summed E-state index contributed by atoms with van der Waals surface area (Å²) in [5.74, 6) is 1.06. The molecule has 1 aromatic rings. The van der Waals surface area contributed by atoms with E-state index < -0.39 is 0 Å². The van der Waals surface area contributed by atoms with Crippen molar-refractivity contribution in [2.75, 3.05) is 13.6 Å². The number of guanidine groups is 1. The predicted molar refractivity (Wildman–Crippen MR) is 89.6 cm³/mol. The maximum atomic E-state index is 11.8. The lowest BCUT2D eigenvalue weighted by molar-refractivity contribution is -0.128. The van der Waals surface area contributed by atoms with Gasteiger partial charge >= 0.3 is 0 Å². The van der Waals surface area contributed by atoms with Crippen LogP contribution in [-0.4, -0.2) is 36.4 Å². The molecular formula is C17H26N4O. The third-order valence-corrected chi connectivity index (χ3v) is 3.75. The van der Waals surface area contributed by atoms with Crippen LogP contribution in [-0.2, 0) is 17.9 Å². The van der Waals surface area contributed by atoms with Crippen molar-refractivity contribution >= 4 is 11.9 Å². The van der Waals surface area contributed by atoms with Crippen molar-refractivity contribution in [3.05, 3.63) is 35.4 Å². The smallest absolute Gasteiger partial charge is 0.222 e. The molecular weight excluding hydrogens is 276 g/mol. The first-order valence-electron chi connectivity index (χ1n) is 7.92. The van der Waals surface area contributed by atoms with Crippen molar-refractivity contribution in [2.24, 2.45) is 4.99 Å². The Morgan fingerprint density at radius 3 is 2.64 bits per heavy atom. The molecule has 0 spiro atoms. The van der Waals surface area contributed by atoms with E-state index in [4.69, 9.17) is 0 Å². The quantitative estimate of drug-likeness (QED) is 0.645. The monoisotopic (exact) mass is 302 g/mol. The van der Waals surface area contributed by atoms with Crippen LogP contribution in [0.25, 0.3) is 0 Å². The van der Waals surface area contributed by atoms with Gasteiger partial charge in [-0.2, -0.15) is 0 Å². The van der Waals surface area contributed by atoms with Crippen LogP contribution in [0, 0.1) is 0 Å². The van der Waals surface area contributed by atoms with Crippen LogP contribution in [0.4, 0.5) is 0 Å². The Morgan fingerprint density at radius 2 is 2.05 bits per heavy atom. The zero-order chi connectivity index (χ0) is 15.9. The molecule has 5 nitrogen and oxygen atoms in total. The summed E-state index contributed by atoms with van der Waals surface area (Å²) in [6.45, 7) is 6.44. The minimum absolute atomic E-state index is 0.264. The second-order valence-corrected chi connectivity index (χ2v) is 5.91. The molecule has 1 aliphatic heterocycles. The lowest BCUT2D eigenvalue weighted by Gasteiger charge is -2.19. The molecule has 22 heavy (non-hydrogen) atoms. The van der Waals surface area contributed by atoms with Gasteiger partial charge < -0.3 is 15.5 Å². The number of benzene rings is 1. The van der Waals surface area contributed by atoms with Crippen LogP contribution in [0.3, 0.4) is 0 Å². The van der Waals surface area contributed by atoms with Crippen molar-refractivity contribution < 1.29 is 4.79 Å². The number of likely N-dealkylation sites (tertiary alicyclic amines) is 1. The zero-order valence-corrected chi connectivity index (χ0v) is 13.7. The van der Waals surface area contributed by atoms with Gasteiger partial charge in [0.05, 0.1) is 0 Å². The molecule has 2 rings (SSSR count). The van der Waals surface area contributed by atoms with Gasteiger partial charge in [-0.25, -0.2) is 0 Å². The van der Waals surface area contributed by atoms with E-state index in [-0.39, 0.29) is 5.91 Å². The molecule has 0 radical (unpaired) electrons. The lowest BCUT2D eigenvalue weighted by Crippen LogP contribution is -2.40. The third-order valence-electron chi connectivity index (χ3n) is 3.75. The molecule has 120 valence electrons. The zero-order valence-electron chi connectivity index (χ0n) is 13.7. The van der Waals surface area contributed by atoms with Gasteiger partial charge in [0.2, 0.25) is 5.91 Å². The molecule has 1 amide bonds. The van der Waals surface area contributed by atoms with Crippen LogP contribution in [0.1, 0.15) is 37.8 Å². The van der Waals surface area contributed by atoms with Crippen LogP contribution < -0.4 is 10.6 Å². The minimum atomic E-state index is 0.264. The van der Waals surface area contributed by atoms with Crippen LogP contribution in [0.2, 0.25) is 0 Å². The van der Waals surface area contributed by atoms with E-state index in [1.165, 1.54) is 11.1 Å². The Hall–Kier alpha value is -2.04. The molecule has 0 bridgehead atoms. The van der Waals surface area contributed by atoms with Crippen LogP contribution in [0.5, 0.6) is 0 Å². The maximum absolute atomic E-state index is 11.8. The average Bonchev–Trinajstić information content (AvgIpc) is 2.89. The highest BCUT2D eigenvalue weighted by molar-refractivity contribution is 5.80. The fourth-order valence-electron chi connectivity index (χ4n) is 2.61. The number of carbonyl (C=O) groups is 1. The highest BCUT2D eigenvalue weighted by atomic mass is 16.2. The summed E-state index contributed by atoms with van der Waals surface area (Å²) in [6, 6.07) is 8.60. The molecule has 0 saturated carbocycles. The molecule has 1 saturated heterocycles. The van der Waals surface area contributed by atoms with Gasteiger partial charge in [-0.3, -0.25) is 9.79 Å². The van der Waals surface area contributed by atoms with Crippen molar-refractivity contribution in [1.29, 1.82) is 0 Å². The first-order chi connectivity index (χ1) is 10.6. The van der Waals surface area contributed by atoms with Crippen molar-refractivity contribution in [3.8, 4) is 0 Å². The largest absolute Gasteiger partial charge is 0.354 e. The van der Waals surface area contributed by atoms with Crippen molar-refractivity contribution in [1.82, 2.24) is 15.5 Å². The Labute approximate surface area is 132 Å². The normalized spacial score (nSPS) is 15.5. The summed E-state index contributed by atoms with van der Waals surface area (Å²) >= 11 is 0. The molecule has 1 heterocycles. The van der Waals surface area contributed by atoms with E-state index in [0.717, 1.165) is 18.9 Å². The second kappa shape index (κ2) is 7.82. The molecule has 0 aromatic heterocycles. The first kappa shape index (κ1) is 16.3. The fraction of sp³-hybridized carbons (Fsp3) is 0.529. The highest BCUT2D eigenvalue weighted by Gasteiger charge is 2.20. The highest BCUT2D eigenvalue weighted by Crippen LogP contribution is 2.17. The Balaban J connectivity index is 2.00. The van der Waals surface area contributed by atoms with E-state index >= 15 is 0 Å². The van der Waals surface area contributed by atoms with Gasteiger partial charge in [0.1, 0.15) is 0 Å². The number of aliphatic imine (C=N–C) groups is 1. The Kier molecular flexibility index (Phi) is 5.81. The topological polar surface area (TPSA) is 56.7 Å². The summed E-state index contributed by atoms with van der Waals surface area (Å²) in [5.41, 5.74) is 2.40. The first-order valence-corrected chi connectivity index (χ1v) is 7.92. The summed E-state index contributed by atoms with van der Waals surface area (Å²) < 4.78 is 0. The molecule has 5 heteroatoms. The van der Waals surface area contributed by atoms with E-state index in [2.05, 4.69) is 41.6 Å². The number of amides is 1. The van der Waals surface area contributed by atoms with E-state index in [0.29, 0.717) is 25.6 Å². The number of hydrogen-bond acceptors (Lipinski definition) is 2.